The zero-order valence-electron chi connectivity index (χ0n) is 10.6. The Morgan fingerprint density at radius 1 is 1.25 bits per heavy atom. The fraction of sp³-hybridized carbons (Fsp3) is 0.167. The number of aromatic nitrogens is 2. The Balaban J connectivity index is 2.26. The molecule has 1 aromatic carbocycles. The Kier molecular flexibility index (Phi) is 4.22. The van der Waals surface area contributed by atoms with Crippen LogP contribution in [0.15, 0.2) is 41.6 Å². The van der Waals surface area contributed by atoms with Gasteiger partial charge in [0.1, 0.15) is 10.6 Å². The molecule has 0 unspecified atom stereocenters. The summed E-state index contributed by atoms with van der Waals surface area (Å²) in [5, 5.41) is 9.65. The maximum Gasteiger partial charge on any atom is 0.246 e. The zero-order valence-corrected chi connectivity index (χ0v) is 12.1. The van der Waals surface area contributed by atoms with Crippen LogP contribution in [0, 0.1) is 0 Å². The van der Waals surface area contributed by atoms with E-state index in [4.69, 9.17) is 11.6 Å². The van der Waals surface area contributed by atoms with E-state index >= 15 is 0 Å². The van der Waals surface area contributed by atoms with Crippen molar-refractivity contribution in [1.82, 2.24) is 14.3 Å². The van der Waals surface area contributed by atoms with Crippen molar-refractivity contribution in [2.75, 3.05) is 7.05 Å². The standard InChI is InChI=1S/C12H12ClN3O3S/c1-16(8-9-4-2-3-5-11(9)17)20(18,19)10-6-14-12(13)15-7-10/h2-7,17H,8H2,1H3. The highest BCUT2D eigenvalue weighted by Crippen LogP contribution is 2.21. The van der Waals surface area contributed by atoms with E-state index < -0.39 is 10.0 Å². The van der Waals surface area contributed by atoms with Crippen molar-refractivity contribution in [3.63, 3.8) is 0 Å². The van der Waals surface area contributed by atoms with Crippen molar-refractivity contribution in [2.45, 2.75) is 11.4 Å². The lowest BCUT2D eigenvalue weighted by Crippen LogP contribution is -2.26. The van der Waals surface area contributed by atoms with Crippen molar-refractivity contribution in [2.24, 2.45) is 0 Å². The number of phenols is 1. The number of rotatable bonds is 4. The molecule has 1 aromatic heterocycles. The molecule has 0 amide bonds. The van der Waals surface area contributed by atoms with Gasteiger partial charge in [0.25, 0.3) is 0 Å². The minimum atomic E-state index is -3.73. The lowest BCUT2D eigenvalue weighted by molar-refractivity contribution is 0.435. The Labute approximate surface area is 121 Å². The van der Waals surface area contributed by atoms with Crippen LogP contribution in [0.2, 0.25) is 5.28 Å². The third kappa shape index (κ3) is 3.06. The van der Waals surface area contributed by atoms with Crippen LogP contribution in [0.5, 0.6) is 5.75 Å². The first kappa shape index (κ1) is 14.7. The molecule has 1 N–H and O–H groups in total. The van der Waals surface area contributed by atoms with Crippen LogP contribution in [-0.4, -0.2) is 34.8 Å². The summed E-state index contributed by atoms with van der Waals surface area (Å²) in [6, 6.07) is 6.54. The molecule has 0 fully saturated rings. The maximum absolute atomic E-state index is 12.3. The van der Waals surface area contributed by atoms with Gasteiger partial charge in [-0.25, -0.2) is 18.4 Å². The molecular weight excluding hydrogens is 302 g/mol. The van der Waals surface area contributed by atoms with E-state index in [0.717, 1.165) is 16.7 Å². The third-order valence-corrected chi connectivity index (χ3v) is 4.64. The highest BCUT2D eigenvalue weighted by atomic mass is 35.5. The molecule has 8 heteroatoms. The first-order chi connectivity index (χ1) is 9.41. The molecule has 0 aliphatic heterocycles. The number of benzene rings is 1. The quantitative estimate of drug-likeness (QED) is 0.868. The van der Waals surface area contributed by atoms with Crippen LogP contribution in [0.4, 0.5) is 0 Å². The van der Waals surface area contributed by atoms with Crippen LogP contribution in [0.1, 0.15) is 5.56 Å². The maximum atomic E-state index is 12.3. The summed E-state index contributed by atoms with van der Waals surface area (Å²) < 4.78 is 25.7. The second kappa shape index (κ2) is 5.74. The average Bonchev–Trinajstić information content (AvgIpc) is 2.41. The Bertz CT molecular complexity index is 704. The van der Waals surface area contributed by atoms with E-state index in [2.05, 4.69) is 9.97 Å². The van der Waals surface area contributed by atoms with E-state index in [1.807, 2.05) is 0 Å². The number of halogens is 1. The van der Waals surface area contributed by atoms with Crippen molar-refractivity contribution in [1.29, 1.82) is 0 Å². The first-order valence-electron chi connectivity index (χ1n) is 5.62. The molecule has 6 nitrogen and oxygen atoms in total. The minimum Gasteiger partial charge on any atom is -0.508 e. The van der Waals surface area contributed by atoms with Gasteiger partial charge in [0.15, 0.2) is 0 Å². The van der Waals surface area contributed by atoms with Crippen LogP contribution >= 0.6 is 11.6 Å². The molecule has 0 aliphatic carbocycles. The monoisotopic (exact) mass is 313 g/mol. The van der Waals surface area contributed by atoms with Gasteiger partial charge < -0.3 is 5.11 Å². The van der Waals surface area contributed by atoms with Crippen molar-refractivity contribution < 1.29 is 13.5 Å². The van der Waals surface area contributed by atoms with E-state index in [1.54, 1.807) is 18.2 Å². The van der Waals surface area contributed by atoms with E-state index in [1.165, 1.54) is 13.1 Å². The molecule has 0 aliphatic rings. The molecule has 0 radical (unpaired) electrons. The van der Waals surface area contributed by atoms with E-state index in [0.29, 0.717) is 5.56 Å². The van der Waals surface area contributed by atoms with Gasteiger partial charge in [0, 0.05) is 19.2 Å². The molecule has 0 bridgehead atoms. The summed E-state index contributed by atoms with van der Waals surface area (Å²) in [6.07, 6.45) is 2.29. The van der Waals surface area contributed by atoms with Crippen LogP contribution in [0.25, 0.3) is 0 Å². The lowest BCUT2D eigenvalue weighted by Gasteiger charge is -2.17. The predicted molar refractivity (Wildman–Crippen MR) is 73.8 cm³/mol. The lowest BCUT2D eigenvalue weighted by atomic mass is 10.2. The fourth-order valence-corrected chi connectivity index (χ4v) is 2.72. The predicted octanol–water partition coefficient (Wildman–Crippen LogP) is 1.66. The fourth-order valence-electron chi connectivity index (χ4n) is 1.58. The molecule has 1 heterocycles. The molecule has 20 heavy (non-hydrogen) atoms. The van der Waals surface area contributed by atoms with Crippen molar-refractivity contribution in [3.8, 4) is 5.75 Å². The largest absolute Gasteiger partial charge is 0.508 e. The molecular formula is C12H12ClN3O3S. The molecule has 2 rings (SSSR count). The number of nitrogens with zero attached hydrogens (tertiary/aromatic N) is 3. The Morgan fingerprint density at radius 2 is 1.85 bits per heavy atom. The summed E-state index contributed by atoms with van der Waals surface area (Å²) in [7, 11) is -2.32. The normalized spacial score (nSPS) is 11.8. The van der Waals surface area contributed by atoms with Gasteiger partial charge in [-0.2, -0.15) is 4.31 Å². The third-order valence-electron chi connectivity index (χ3n) is 2.69. The summed E-state index contributed by atoms with van der Waals surface area (Å²) >= 11 is 5.53. The van der Waals surface area contributed by atoms with Gasteiger partial charge in [-0.15, -0.1) is 0 Å². The summed E-state index contributed by atoms with van der Waals surface area (Å²) in [5.74, 6) is 0.0434. The number of hydrogen-bond donors (Lipinski definition) is 1. The Hall–Kier alpha value is -1.70. The highest BCUT2D eigenvalue weighted by molar-refractivity contribution is 7.89. The smallest absolute Gasteiger partial charge is 0.246 e. The molecule has 0 spiro atoms. The molecule has 0 saturated carbocycles. The number of hydrogen-bond acceptors (Lipinski definition) is 5. The molecule has 0 saturated heterocycles. The van der Waals surface area contributed by atoms with Gasteiger partial charge in [0.05, 0.1) is 12.4 Å². The van der Waals surface area contributed by atoms with Gasteiger partial charge in [-0.05, 0) is 17.7 Å². The van der Waals surface area contributed by atoms with Crippen LogP contribution < -0.4 is 0 Å². The number of sulfonamides is 1. The van der Waals surface area contributed by atoms with Crippen LogP contribution in [-0.2, 0) is 16.6 Å². The van der Waals surface area contributed by atoms with E-state index in [9.17, 15) is 13.5 Å². The number of aromatic hydroxyl groups is 1. The van der Waals surface area contributed by atoms with Crippen molar-refractivity contribution in [3.05, 3.63) is 47.5 Å². The first-order valence-corrected chi connectivity index (χ1v) is 7.44. The highest BCUT2D eigenvalue weighted by Gasteiger charge is 2.22. The number of para-hydroxylation sites is 1. The second-order valence-corrected chi connectivity index (χ2v) is 6.46. The molecule has 0 atom stereocenters. The van der Waals surface area contributed by atoms with Crippen LogP contribution in [0.3, 0.4) is 0 Å². The minimum absolute atomic E-state index is 0.0210. The van der Waals surface area contributed by atoms with Gasteiger partial charge in [0.2, 0.25) is 15.3 Å². The topological polar surface area (TPSA) is 83.4 Å². The zero-order chi connectivity index (χ0) is 14.8. The van der Waals surface area contributed by atoms with Gasteiger partial charge in [-0.3, -0.25) is 0 Å². The summed E-state index contributed by atoms with van der Waals surface area (Å²) in [5.41, 5.74) is 0.508. The molecule has 2 aromatic rings. The Morgan fingerprint density at radius 3 is 2.45 bits per heavy atom. The average molecular weight is 314 g/mol. The second-order valence-electron chi connectivity index (χ2n) is 4.08. The molecule has 106 valence electrons. The summed E-state index contributed by atoms with van der Waals surface area (Å²) in [6.45, 7) is 0.0393. The van der Waals surface area contributed by atoms with Gasteiger partial charge >= 0.3 is 0 Å². The number of phenolic OH excluding ortho intramolecular Hbond substituents is 1. The van der Waals surface area contributed by atoms with E-state index in [-0.39, 0.29) is 22.5 Å². The SMILES string of the molecule is CN(Cc1ccccc1O)S(=O)(=O)c1cnc(Cl)nc1. The van der Waals surface area contributed by atoms with Gasteiger partial charge in [-0.1, -0.05) is 18.2 Å². The summed E-state index contributed by atoms with van der Waals surface area (Å²) in [4.78, 5) is 7.25. The van der Waals surface area contributed by atoms with Crippen molar-refractivity contribution >= 4 is 21.6 Å².